The molecular weight excluding hydrogens is 445 g/mol. The van der Waals surface area contributed by atoms with Crippen molar-refractivity contribution < 1.29 is 14.3 Å². The van der Waals surface area contributed by atoms with Crippen LogP contribution in [-0.4, -0.2) is 11.8 Å². The van der Waals surface area contributed by atoms with Crippen molar-refractivity contribution in [3.05, 3.63) is 99.0 Å². The van der Waals surface area contributed by atoms with Crippen molar-refractivity contribution in [3.63, 3.8) is 0 Å². The molecule has 150 valence electrons. The molecule has 0 aliphatic carbocycles. The maximum absolute atomic E-state index is 13.0. The van der Waals surface area contributed by atoms with E-state index in [-0.39, 0.29) is 15.6 Å². The topological polar surface area (TPSA) is 46.6 Å². The van der Waals surface area contributed by atoms with Crippen molar-refractivity contribution in [2.24, 2.45) is 0 Å². The number of ether oxygens (including phenoxy) is 1. The van der Waals surface area contributed by atoms with E-state index in [9.17, 15) is 9.59 Å². The zero-order chi connectivity index (χ0) is 21.3. The highest BCUT2D eigenvalue weighted by Crippen LogP contribution is 2.38. The van der Waals surface area contributed by atoms with Crippen LogP contribution < -0.4 is 9.64 Å². The molecule has 0 radical (unpaired) electrons. The van der Waals surface area contributed by atoms with Crippen LogP contribution in [0.4, 0.5) is 5.69 Å². The molecule has 4 rings (SSSR count). The minimum atomic E-state index is -0.611. The summed E-state index contributed by atoms with van der Waals surface area (Å²) < 4.78 is 5.75. The van der Waals surface area contributed by atoms with E-state index >= 15 is 0 Å². The first-order valence-electron chi connectivity index (χ1n) is 8.96. The highest BCUT2D eigenvalue weighted by molar-refractivity contribution is 6.60. The first-order valence-corrected chi connectivity index (χ1v) is 10.1. The van der Waals surface area contributed by atoms with Gasteiger partial charge in [-0.1, -0.05) is 71.2 Å². The van der Waals surface area contributed by atoms with Gasteiger partial charge in [-0.15, -0.1) is 0 Å². The summed E-state index contributed by atoms with van der Waals surface area (Å²) in [4.78, 5) is 26.7. The van der Waals surface area contributed by atoms with E-state index in [0.29, 0.717) is 28.6 Å². The van der Waals surface area contributed by atoms with Crippen LogP contribution >= 0.6 is 34.8 Å². The Balaban J connectivity index is 1.55. The van der Waals surface area contributed by atoms with Crippen LogP contribution in [0.15, 0.2) is 77.8 Å². The fraction of sp³-hybridized carbons (Fsp3) is 0.0435. The van der Waals surface area contributed by atoms with Crippen molar-refractivity contribution in [1.29, 1.82) is 0 Å². The molecule has 4 nitrogen and oxygen atoms in total. The van der Waals surface area contributed by atoms with Crippen LogP contribution in [0.25, 0.3) is 5.57 Å². The smallest absolute Gasteiger partial charge is 0.277 e. The number of halogens is 3. The summed E-state index contributed by atoms with van der Waals surface area (Å²) >= 11 is 18.3. The molecule has 0 saturated heterocycles. The zero-order valence-electron chi connectivity index (χ0n) is 15.4. The summed E-state index contributed by atoms with van der Waals surface area (Å²) in [6.45, 7) is 0.411. The zero-order valence-corrected chi connectivity index (χ0v) is 17.7. The molecule has 3 aromatic rings. The molecule has 1 aliphatic rings. The number of carbonyl (C=O) groups excluding carboxylic acids is 2. The molecule has 1 heterocycles. The Kier molecular flexibility index (Phi) is 5.82. The molecule has 3 aromatic carbocycles. The summed E-state index contributed by atoms with van der Waals surface area (Å²) in [6, 6.07) is 21.0. The Bertz CT molecular complexity index is 1160. The quantitative estimate of drug-likeness (QED) is 0.434. The van der Waals surface area contributed by atoms with Gasteiger partial charge < -0.3 is 4.74 Å². The fourth-order valence-electron chi connectivity index (χ4n) is 3.10. The van der Waals surface area contributed by atoms with Crippen LogP contribution in [-0.2, 0) is 16.2 Å². The largest absolute Gasteiger partial charge is 0.489 e. The minimum Gasteiger partial charge on any atom is -0.489 e. The Morgan fingerprint density at radius 2 is 1.50 bits per heavy atom. The van der Waals surface area contributed by atoms with Gasteiger partial charge >= 0.3 is 0 Å². The summed E-state index contributed by atoms with van der Waals surface area (Å²) in [6.07, 6.45) is 0. The average molecular weight is 459 g/mol. The summed E-state index contributed by atoms with van der Waals surface area (Å²) in [5.41, 5.74) is 1.82. The molecule has 0 atom stereocenters. The van der Waals surface area contributed by atoms with Gasteiger partial charge in [0.25, 0.3) is 11.8 Å². The third kappa shape index (κ3) is 3.94. The van der Waals surface area contributed by atoms with Gasteiger partial charge in [-0.05, 0) is 42.0 Å². The molecule has 0 fully saturated rings. The molecule has 7 heteroatoms. The molecule has 0 bridgehead atoms. The Labute approximate surface area is 188 Å². The maximum Gasteiger partial charge on any atom is 0.277 e. The molecular formula is C23H14Cl3NO3. The first kappa shape index (κ1) is 20.5. The van der Waals surface area contributed by atoms with E-state index in [1.807, 2.05) is 30.3 Å². The molecule has 0 spiro atoms. The number of nitrogens with zero attached hydrogens (tertiary/aromatic N) is 1. The lowest BCUT2D eigenvalue weighted by Crippen LogP contribution is -2.31. The normalized spacial score (nSPS) is 13.9. The standard InChI is InChI=1S/C23H14Cl3NO3/c24-15-6-11-18(19(25)12-15)20-21(26)23(29)27(22(20)28)16-7-9-17(10-8-16)30-13-14-4-2-1-3-5-14/h1-12H,13H2. The van der Waals surface area contributed by atoms with E-state index in [1.165, 1.54) is 6.07 Å². The number of benzene rings is 3. The second-order valence-corrected chi connectivity index (χ2v) is 7.75. The van der Waals surface area contributed by atoms with Crippen molar-refractivity contribution in [1.82, 2.24) is 0 Å². The van der Waals surface area contributed by atoms with Crippen LogP contribution in [0, 0.1) is 0 Å². The third-order valence-corrected chi connectivity index (χ3v) is 5.47. The number of rotatable bonds is 5. The van der Waals surface area contributed by atoms with Crippen molar-refractivity contribution in [2.75, 3.05) is 4.90 Å². The SMILES string of the molecule is O=C1C(Cl)=C(c2ccc(Cl)cc2Cl)C(=O)N1c1ccc(OCc2ccccc2)cc1. The molecule has 2 amide bonds. The Morgan fingerprint density at radius 1 is 0.800 bits per heavy atom. The number of amides is 2. The lowest BCUT2D eigenvalue weighted by molar-refractivity contribution is -0.119. The number of imide groups is 1. The molecule has 0 saturated carbocycles. The van der Waals surface area contributed by atoms with Gasteiger partial charge in [-0.2, -0.15) is 0 Å². The minimum absolute atomic E-state index is 0.0488. The van der Waals surface area contributed by atoms with E-state index < -0.39 is 11.8 Å². The van der Waals surface area contributed by atoms with E-state index in [2.05, 4.69) is 0 Å². The second-order valence-electron chi connectivity index (χ2n) is 6.53. The predicted molar refractivity (Wildman–Crippen MR) is 119 cm³/mol. The summed E-state index contributed by atoms with van der Waals surface area (Å²) in [5, 5.41) is 0.470. The van der Waals surface area contributed by atoms with E-state index in [1.54, 1.807) is 36.4 Å². The molecule has 0 N–H and O–H groups in total. The van der Waals surface area contributed by atoms with Gasteiger partial charge in [0.05, 0.1) is 16.3 Å². The van der Waals surface area contributed by atoms with Crippen LogP contribution in [0.5, 0.6) is 5.75 Å². The second kappa shape index (κ2) is 8.52. The van der Waals surface area contributed by atoms with Crippen LogP contribution in [0.1, 0.15) is 11.1 Å². The Morgan fingerprint density at radius 3 is 2.17 bits per heavy atom. The fourth-order valence-corrected chi connectivity index (χ4v) is 3.87. The van der Waals surface area contributed by atoms with Gasteiger partial charge in [0.15, 0.2) is 0 Å². The summed E-state index contributed by atoms with van der Waals surface area (Å²) in [7, 11) is 0. The number of carbonyl (C=O) groups is 2. The van der Waals surface area contributed by atoms with Gasteiger partial charge in [-0.3, -0.25) is 9.59 Å². The van der Waals surface area contributed by atoms with E-state index in [4.69, 9.17) is 39.5 Å². The van der Waals surface area contributed by atoms with E-state index in [0.717, 1.165) is 10.5 Å². The highest BCUT2D eigenvalue weighted by atomic mass is 35.5. The molecule has 0 unspecified atom stereocenters. The van der Waals surface area contributed by atoms with Crippen molar-refractivity contribution >= 4 is 57.9 Å². The molecule has 0 aromatic heterocycles. The van der Waals surface area contributed by atoms with Gasteiger partial charge in [0.2, 0.25) is 0 Å². The van der Waals surface area contributed by atoms with Crippen molar-refractivity contribution in [3.8, 4) is 5.75 Å². The monoisotopic (exact) mass is 457 g/mol. The number of anilines is 1. The third-order valence-electron chi connectivity index (χ3n) is 4.57. The molecule has 30 heavy (non-hydrogen) atoms. The predicted octanol–water partition coefficient (Wildman–Crippen LogP) is 6.10. The first-order chi connectivity index (χ1) is 14.5. The molecule has 1 aliphatic heterocycles. The number of hydrogen-bond donors (Lipinski definition) is 0. The Hall–Kier alpha value is -2.79. The number of hydrogen-bond acceptors (Lipinski definition) is 3. The van der Waals surface area contributed by atoms with Gasteiger partial charge in [-0.25, -0.2) is 4.90 Å². The van der Waals surface area contributed by atoms with Crippen LogP contribution in [0.3, 0.4) is 0 Å². The highest BCUT2D eigenvalue weighted by Gasteiger charge is 2.39. The average Bonchev–Trinajstić information content (AvgIpc) is 2.97. The van der Waals surface area contributed by atoms with Crippen LogP contribution in [0.2, 0.25) is 10.0 Å². The van der Waals surface area contributed by atoms with Gasteiger partial charge in [0, 0.05) is 10.6 Å². The lowest BCUT2D eigenvalue weighted by atomic mass is 10.1. The summed E-state index contributed by atoms with van der Waals surface area (Å²) in [5.74, 6) is -0.547. The van der Waals surface area contributed by atoms with Crippen molar-refractivity contribution in [2.45, 2.75) is 6.61 Å². The van der Waals surface area contributed by atoms with Gasteiger partial charge in [0.1, 0.15) is 17.4 Å². The maximum atomic E-state index is 13.0. The lowest BCUT2D eigenvalue weighted by Gasteiger charge is -2.16.